The molecule has 0 aliphatic carbocycles. The minimum absolute atomic E-state index is 0.215. The average Bonchev–Trinajstić information content (AvgIpc) is 2.77. The van der Waals surface area contributed by atoms with Crippen molar-refractivity contribution in [1.82, 2.24) is 9.78 Å². The second-order valence-corrected chi connectivity index (χ2v) is 15.0. The van der Waals surface area contributed by atoms with Crippen molar-refractivity contribution in [2.24, 2.45) is 10.8 Å². The Morgan fingerprint density at radius 1 is 1.27 bits per heavy atom. The molecule has 1 aliphatic heterocycles. The summed E-state index contributed by atoms with van der Waals surface area (Å²) in [6.07, 6.45) is 2.65. The Hall–Kier alpha value is -0.548. The Morgan fingerprint density at radius 3 is 2.41 bits per heavy atom. The van der Waals surface area contributed by atoms with E-state index in [-0.39, 0.29) is 30.4 Å². The summed E-state index contributed by atoms with van der Waals surface area (Å²) < 4.78 is 24.0. The maximum absolute atomic E-state index is 8.46. The molecule has 3 nitrogen and oxygen atoms in total. The predicted molar refractivity (Wildman–Crippen MR) is 98.9 cm³/mol. The summed E-state index contributed by atoms with van der Waals surface area (Å²) in [5, 5.41) is 4.27. The van der Waals surface area contributed by atoms with Crippen LogP contribution in [-0.2, 0) is 11.5 Å². The molecule has 0 unspecified atom stereocenters. The SMILES string of the molecule is [2H]c1nn(COCC[Si](C)(C)C)c([2H])c1B1CC(C)(C)C(C)(C)C1. The maximum Gasteiger partial charge on any atom is 0.181 e. The molecule has 0 amide bonds. The van der Waals surface area contributed by atoms with Crippen molar-refractivity contribution in [2.45, 2.75) is 72.8 Å². The summed E-state index contributed by atoms with van der Waals surface area (Å²) in [5.74, 6) is 0. The van der Waals surface area contributed by atoms with Crippen molar-refractivity contribution in [3.63, 3.8) is 0 Å². The largest absolute Gasteiger partial charge is 0.360 e. The van der Waals surface area contributed by atoms with E-state index in [1.54, 1.807) is 4.68 Å². The number of hydrogen-bond donors (Lipinski definition) is 0. The van der Waals surface area contributed by atoms with E-state index >= 15 is 0 Å². The summed E-state index contributed by atoms with van der Waals surface area (Å²) >= 11 is 0. The lowest BCUT2D eigenvalue weighted by Gasteiger charge is -2.35. The highest BCUT2D eigenvalue weighted by molar-refractivity contribution is 6.76. The van der Waals surface area contributed by atoms with Gasteiger partial charge in [0.05, 0.1) is 2.74 Å². The highest BCUT2D eigenvalue weighted by Gasteiger charge is 2.48. The summed E-state index contributed by atoms with van der Waals surface area (Å²) in [6.45, 7) is 17.4. The standard InChI is InChI=1S/C17H33BN2OSi/c1-16(2)12-18(13-17(16,3)4)15-10-19-20(11-15)14-21-8-9-22(5,6)7/h10-11H,8-9,12-14H2,1-7H3/i10D,11D. The van der Waals surface area contributed by atoms with Crippen molar-refractivity contribution < 1.29 is 7.48 Å². The zero-order valence-corrected chi connectivity index (χ0v) is 16.4. The molecule has 22 heavy (non-hydrogen) atoms. The molecule has 0 spiro atoms. The fraction of sp³-hybridized carbons (Fsp3) is 0.824. The molecule has 1 aromatic heterocycles. The third-order valence-corrected chi connectivity index (χ3v) is 7.21. The lowest BCUT2D eigenvalue weighted by molar-refractivity contribution is 0.0786. The van der Waals surface area contributed by atoms with Crippen molar-refractivity contribution in [2.75, 3.05) is 6.61 Å². The first-order valence-electron chi connectivity index (χ1n) is 9.46. The molecule has 2 heterocycles. The van der Waals surface area contributed by atoms with Crippen molar-refractivity contribution in [1.29, 1.82) is 0 Å². The van der Waals surface area contributed by atoms with Crippen LogP contribution in [0.5, 0.6) is 0 Å². The molecule has 0 saturated carbocycles. The van der Waals surface area contributed by atoms with E-state index in [4.69, 9.17) is 7.48 Å². The van der Waals surface area contributed by atoms with Gasteiger partial charge in [0.1, 0.15) is 6.73 Å². The van der Waals surface area contributed by atoms with Gasteiger partial charge in [-0.2, -0.15) is 5.10 Å². The summed E-state index contributed by atoms with van der Waals surface area (Å²) in [5.41, 5.74) is 1.24. The Balaban J connectivity index is 2.07. The first kappa shape index (κ1) is 15.0. The van der Waals surface area contributed by atoms with Gasteiger partial charge in [0.2, 0.25) is 0 Å². The average molecular weight is 322 g/mol. The topological polar surface area (TPSA) is 27.1 Å². The smallest absolute Gasteiger partial charge is 0.181 e. The Kier molecular flexibility index (Phi) is 4.20. The highest BCUT2D eigenvalue weighted by Crippen LogP contribution is 2.52. The zero-order chi connectivity index (χ0) is 18.3. The second kappa shape index (κ2) is 6.16. The van der Waals surface area contributed by atoms with Crippen LogP contribution in [-0.4, -0.2) is 31.2 Å². The lowest BCUT2D eigenvalue weighted by Crippen LogP contribution is -2.26. The van der Waals surface area contributed by atoms with Crippen LogP contribution in [0.4, 0.5) is 0 Å². The van der Waals surface area contributed by atoms with Crippen molar-refractivity contribution in [3.05, 3.63) is 12.3 Å². The van der Waals surface area contributed by atoms with Crippen molar-refractivity contribution >= 4 is 20.2 Å². The summed E-state index contributed by atoms with van der Waals surface area (Å²) in [7, 11) is -1.11. The molecular weight excluding hydrogens is 287 g/mol. The fourth-order valence-corrected chi connectivity index (χ4v) is 3.89. The van der Waals surface area contributed by atoms with Crippen LogP contribution in [0.3, 0.4) is 0 Å². The van der Waals surface area contributed by atoms with Gasteiger partial charge >= 0.3 is 0 Å². The number of hydrogen-bond acceptors (Lipinski definition) is 2. The van der Waals surface area contributed by atoms with Gasteiger partial charge in [0, 0.05) is 27.0 Å². The zero-order valence-electron chi connectivity index (χ0n) is 17.4. The first-order valence-corrected chi connectivity index (χ1v) is 12.2. The van der Waals surface area contributed by atoms with E-state index < -0.39 is 8.07 Å². The molecule has 1 saturated heterocycles. The van der Waals surface area contributed by atoms with E-state index in [1.807, 2.05) is 0 Å². The predicted octanol–water partition coefficient (Wildman–Crippen LogP) is 3.96. The first-order chi connectivity index (χ1) is 10.8. The summed E-state index contributed by atoms with van der Waals surface area (Å²) in [6, 6.07) is 1.10. The van der Waals surface area contributed by atoms with Gasteiger partial charge in [-0.1, -0.05) is 60.0 Å². The van der Waals surface area contributed by atoms with Crippen LogP contribution in [0.25, 0.3) is 0 Å². The van der Waals surface area contributed by atoms with Gasteiger partial charge in [-0.05, 0) is 22.3 Å². The molecule has 5 heteroatoms. The third-order valence-electron chi connectivity index (χ3n) is 5.50. The second-order valence-electron chi connectivity index (χ2n) is 9.36. The van der Waals surface area contributed by atoms with Crippen LogP contribution in [0.1, 0.15) is 30.4 Å². The Labute approximate surface area is 140 Å². The van der Waals surface area contributed by atoms with E-state index in [9.17, 15) is 0 Å². The third kappa shape index (κ3) is 4.26. The van der Waals surface area contributed by atoms with Crippen LogP contribution in [0, 0.1) is 10.8 Å². The van der Waals surface area contributed by atoms with Gasteiger partial charge in [-0.25, -0.2) is 4.68 Å². The highest BCUT2D eigenvalue weighted by atomic mass is 28.3. The van der Waals surface area contributed by atoms with E-state index in [0.29, 0.717) is 12.8 Å². The Bertz CT molecular complexity index is 580. The lowest BCUT2D eigenvalue weighted by atomic mass is 9.43. The van der Waals surface area contributed by atoms with Crippen molar-refractivity contribution in [3.8, 4) is 0 Å². The molecule has 0 aromatic carbocycles. The van der Waals surface area contributed by atoms with E-state index in [0.717, 1.165) is 24.1 Å². The van der Waals surface area contributed by atoms with E-state index in [1.165, 1.54) is 0 Å². The number of nitrogens with zero attached hydrogens (tertiary/aromatic N) is 2. The van der Waals surface area contributed by atoms with Gasteiger partial charge in [0.15, 0.2) is 6.71 Å². The summed E-state index contributed by atoms with van der Waals surface area (Å²) in [4.78, 5) is 0. The Morgan fingerprint density at radius 2 is 1.86 bits per heavy atom. The molecule has 124 valence electrons. The monoisotopic (exact) mass is 322 g/mol. The quantitative estimate of drug-likeness (QED) is 0.585. The van der Waals surface area contributed by atoms with Gasteiger partial charge in [-0.3, -0.25) is 0 Å². The molecule has 2 rings (SSSR count). The van der Waals surface area contributed by atoms with Crippen LogP contribution in [0.15, 0.2) is 12.3 Å². The number of rotatable bonds is 6. The normalized spacial score (nSPS) is 21.9. The maximum atomic E-state index is 8.46. The van der Waals surface area contributed by atoms with Crippen LogP contribution >= 0.6 is 0 Å². The molecular formula is C17H33BN2OSi. The molecule has 0 bridgehead atoms. The number of aromatic nitrogens is 2. The van der Waals surface area contributed by atoms with E-state index in [2.05, 4.69) is 52.4 Å². The fourth-order valence-electron chi connectivity index (χ4n) is 3.14. The molecule has 1 aromatic rings. The molecule has 0 radical (unpaired) electrons. The molecule has 1 fully saturated rings. The van der Waals surface area contributed by atoms with Gasteiger partial charge in [0.25, 0.3) is 0 Å². The van der Waals surface area contributed by atoms with Crippen LogP contribution < -0.4 is 5.46 Å². The molecule has 0 N–H and O–H groups in total. The number of ether oxygens (including phenoxy) is 1. The minimum Gasteiger partial charge on any atom is -0.360 e. The minimum atomic E-state index is -1.11. The molecule has 0 atom stereocenters. The molecule has 1 aliphatic rings. The van der Waals surface area contributed by atoms with Gasteiger partial charge < -0.3 is 4.74 Å². The van der Waals surface area contributed by atoms with Crippen LogP contribution in [0.2, 0.25) is 38.3 Å². The van der Waals surface area contributed by atoms with Gasteiger partial charge in [-0.15, -0.1) is 0 Å².